The van der Waals surface area contributed by atoms with E-state index in [1.165, 1.54) is 18.2 Å². The molecule has 1 unspecified atom stereocenters. The number of nitrogens with two attached hydrogens (primary N) is 1. The third-order valence-corrected chi connectivity index (χ3v) is 1.73. The zero-order valence-corrected chi connectivity index (χ0v) is 7.66. The van der Waals surface area contributed by atoms with Crippen molar-refractivity contribution in [1.82, 2.24) is 0 Å². The first-order valence-electron chi connectivity index (χ1n) is 4.17. The highest BCUT2D eigenvalue weighted by Gasteiger charge is 2.32. The van der Waals surface area contributed by atoms with Gasteiger partial charge in [-0.25, -0.2) is 0 Å². The molecule has 3 nitrogen and oxygen atoms in total. The lowest BCUT2D eigenvalue weighted by atomic mass is 10.1. The Morgan fingerprint density at radius 1 is 1.33 bits per heavy atom. The van der Waals surface area contributed by atoms with Crippen molar-refractivity contribution in [2.24, 2.45) is 5.73 Å². The smallest absolute Gasteiger partial charge is 0.405 e. The van der Waals surface area contributed by atoms with Crippen molar-refractivity contribution in [2.75, 3.05) is 6.54 Å². The summed E-state index contributed by atoms with van der Waals surface area (Å²) in [6, 6.07) is 5.34. The molecule has 15 heavy (non-hydrogen) atoms. The molecule has 0 aliphatic carbocycles. The fourth-order valence-electron chi connectivity index (χ4n) is 1.10. The molecule has 1 rings (SSSR count). The van der Waals surface area contributed by atoms with E-state index in [9.17, 15) is 18.3 Å². The van der Waals surface area contributed by atoms with E-state index >= 15 is 0 Å². The molecule has 1 aromatic rings. The third-order valence-electron chi connectivity index (χ3n) is 1.73. The minimum absolute atomic E-state index is 0.0253. The van der Waals surface area contributed by atoms with E-state index in [0.717, 1.165) is 6.07 Å². The van der Waals surface area contributed by atoms with Crippen LogP contribution in [0.3, 0.4) is 0 Å². The fourth-order valence-corrected chi connectivity index (χ4v) is 1.10. The number of benzene rings is 1. The maximum atomic E-state index is 12.0. The SMILES string of the molecule is NCC(O)c1ccccc1OC(F)(F)F. The van der Waals surface area contributed by atoms with Gasteiger partial charge in [-0.1, -0.05) is 18.2 Å². The molecule has 3 N–H and O–H groups in total. The first-order valence-corrected chi connectivity index (χ1v) is 4.17. The van der Waals surface area contributed by atoms with Crippen LogP contribution in [-0.4, -0.2) is 18.0 Å². The van der Waals surface area contributed by atoms with Crippen LogP contribution >= 0.6 is 0 Å². The number of aliphatic hydroxyl groups excluding tert-OH is 1. The topological polar surface area (TPSA) is 55.5 Å². The van der Waals surface area contributed by atoms with Crippen LogP contribution in [0.2, 0.25) is 0 Å². The lowest BCUT2D eigenvalue weighted by Gasteiger charge is -2.15. The zero-order chi connectivity index (χ0) is 11.5. The Morgan fingerprint density at radius 2 is 1.93 bits per heavy atom. The van der Waals surface area contributed by atoms with E-state index in [2.05, 4.69) is 4.74 Å². The van der Waals surface area contributed by atoms with Crippen molar-refractivity contribution in [3.8, 4) is 5.75 Å². The van der Waals surface area contributed by atoms with Crippen molar-refractivity contribution >= 4 is 0 Å². The van der Waals surface area contributed by atoms with Crippen LogP contribution in [0.25, 0.3) is 0 Å². The Balaban J connectivity index is 2.96. The highest BCUT2D eigenvalue weighted by molar-refractivity contribution is 5.35. The normalized spacial score (nSPS) is 13.7. The highest BCUT2D eigenvalue weighted by Crippen LogP contribution is 2.29. The molecule has 0 heterocycles. The minimum atomic E-state index is -4.77. The summed E-state index contributed by atoms with van der Waals surface area (Å²) in [6.45, 7) is -0.168. The number of hydrogen-bond donors (Lipinski definition) is 2. The molecule has 1 aromatic carbocycles. The molecular weight excluding hydrogens is 211 g/mol. The average Bonchev–Trinajstić information content (AvgIpc) is 2.15. The summed E-state index contributed by atoms with van der Waals surface area (Å²) < 4.78 is 39.6. The Kier molecular flexibility index (Phi) is 3.54. The van der Waals surface area contributed by atoms with Gasteiger partial charge in [0, 0.05) is 12.1 Å². The van der Waals surface area contributed by atoms with Gasteiger partial charge in [0.15, 0.2) is 0 Å². The van der Waals surface area contributed by atoms with Crippen LogP contribution in [-0.2, 0) is 0 Å². The molecule has 84 valence electrons. The van der Waals surface area contributed by atoms with E-state index in [-0.39, 0.29) is 12.1 Å². The number of alkyl halides is 3. The van der Waals surface area contributed by atoms with Gasteiger partial charge in [0.1, 0.15) is 5.75 Å². The van der Waals surface area contributed by atoms with E-state index < -0.39 is 18.2 Å². The number of halogens is 3. The second-order valence-electron chi connectivity index (χ2n) is 2.84. The van der Waals surface area contributed by atoms with Crippen LogP contribution in [0.5, 0.6) is 5.75 Å². The van der Waals surface area contributed by atoms with Crippen molar-refractivity contribution < 1.29 is 23.0 Å². The molecule has 0 saturated carbocycles. The number of hydrogen-bond acceptors (Lipinski definition) is 3. The van der Waals surface area contributed by atoms with Gasteiger partial charge in [-0.15, -0.1) is 13.2 Å². The maximum absolute atomic E-state index is 12.0. The summed E-state index contributed by atoms with van der Waals surface area (Å²) in [7, 11) is 0. The van der Waals surface area contributed by atoms with Crippen LogP contribution in [0, 0.1) is 0 Å². The summed E-state index contributed by atoms with van der Waals surface area (Å²) in [5, 5.41) is 9.33. The van der Waals surface area contributed by atoms with Gasteiger partial charge in [0.2, 0.25) is 0 Å². The number of aliphatic hydroxyl groups is 1. The van der Waals surface area contributed by atoms with Crippen molar-refractivity contribution in [2.45, 2.75) is 12.5 Å². The third kappa shape index (κ3) is 3.41. The highest BCUT2D eigenvalue weighted by atomic mass is 19.4. The Labute approximate surface area is 84.3 Å². The summed E-state index contributed by atoms with van der Waals surface area (Å²) in [6.07, 6.45) is -5.94. The van der Waals surface area contributed by atoms with E-state index in [1.807, 2.05) is 0 Å². The summed E-state index contributed by atoms with van der Waals surface area (Å²) in [5.74, 6) is -0.428. The molecule has 0 aliphatic heterocycles. The first-order chi connectivity index (χ1) is 6.94. The summed E-state index contributed by atoms with van der Waals surface area (Å²) in [5.41, 5.74) is 5.18. The monoisotopic (exact) mass is 221 g/mol. The first kappa shape index (κ1) is 11.8. The van der Waals surface area contributed by atoms with E-state index in [0.29, 0.717) is 0 Å². The molecule has 0 amide bonds. The van der Waals surface area contributed by atoms with Gasteiger partial charge in [-0.2, -0.15) is 0 Å². The van der Waals surface area contributed by atoms with E-state index in [4.69, 9.17) is 5.73 Å². The van der Waals surface area contributed by atoms with Gasteiger partial charge in [-0.05, 0) is 6.07 Å². The van der Waals surface area contributed by atoms with Crippen LogP contribution in [0.15, 0.2) is 24.3 Å². The molecule has 0 aliphatic rings. The predicted molar refractivity (Wildman–Crippen MR) is 47.1 cm³/mol. The van der Waals surface area contributed by atoms with Gasteiger partial charge in [-0.3, -0.25) is 0 Å². The molecule has 0 saturated heterocycles. The van der Waals surface area contributed by atoms with Gasteiger partial charge in [0.25, 0.3) is 0 Å². The van der Waals surface area contributed by atoms with Crippen LogP contribution in [0.4, 0.5) is 13.2 Å². The standard InChI is InChI=1S/C9H10F3NO2/c10-9(11,12)15-8-4-2-1-3-6(8)7(14)5-13/h1-4,7,14H,5,13H2. The quantitative estimate of drug-likeness (QED) is 0.814. The Bertz CT molecular complexity index is 327. The van der Waals surface area contributed by atoms with Gasteiger partial charge >= 0.3 is 6.36 Å². The molecule has 0 spiro atoms. The Morgan fingerprint density at radius 3 is 2.47 bits per heavy atom. The molecule has 0 bridgehead atoms. The summed E-state index contributed by atoms with van der Waals surface area (Å²) in [4.78, 5) is 0. The minimum Gasteiger partial charge on any atom is -0.405 e. The van der Waals surface area contributed by atoms with Gasteiger partial charge < -0.3 is 15.6 Å². The molecule has 0 fully saturated rings. The zero-order valence-electron chi connectivity index (χ0n) is 7.66. The lowest BCUT2D eigenvalue weighted by molar-refractivity contribution is -0.275. The van der Waals surface area contributed by atoms with Crippen molar-refractivity contribution in [3.63, 3.8) is 0 Å². The van der Waals surface area contributed by atoms with Gasteiger partial charge in [0.05, 0.1) is 6.10 Å². The number of rotatable bonds is 3. The van der Waals surface area contributed by atoms with Crippen molar-refractivity contribution in [3.05, 3.63) is 29.8 Å². The number of ether oxygens (including phenoxy) is 1. The number of para-hydroxylation sites is 1. The van der Waals surface area contributed by atoms with Crippen LogP contribution in [0.1, 0.15) is 11.7 Å². The lowest BCUT2D eigenvalue weighted by Crippen LogP contribution is -2.20. The average molecular weight is 221 g/mol. The fraction of sp³-hybridized carbons (Fsp3) is 0.333. The Hall–Kier alpha value is -1.27. The molecule has 6 heteroatoms. The maximum Gasteiger partial charge on any atom is 0.573 e. The molecule has 1 atom stereocenters. The summed E-state index contributed by atoms with van der Waals surface area (Å²) >= 11 is 0. The molecule has 0 radical (unpaired) electrons. The van der Waals surface area contributed by atoms with Crippen LogP contribution < -0.4 is 10.5 Å². The predicted octanol–water partition coefficient (Wildman–Crippen LogP) is 1.58. The molecule has 0 aromatic heterocycles. The molecular formula is C9H10F3NO2. The second kappa shape index (κ2) is 4.50. The largest absolute Gasteiger partial charge is 0.573 e. The van der Waals surface area contributed by atoms with E-state index in [1.54, 1.807) is 0 Å². The second-order valence-corrected chi connectivity index (χ2v) is 2.84. The van der Waals surface area contributed by atoms with Crippen molar-refractivity contribution in [1.29, 1.82) is 0 Å².